The number of nitriles is 1. The highest BCUT2D eigenvalue weighted by atomic mass is 35.5. The number of benzene rings is 1. The van der Waals surface area contributed by atoms with Gasteiger partial charge in [-0.15, -0.1) is 0 Å². The van der Waals surface area contributed by atoms with E-state index in [9.17, 15) is 14.9 Å². The molecule has 0 spiro atoms. The Hall–Kier alpha value is -3.10. The maximum absolute atomic E-state index is 12.8. The fourth-order valence-corrected chi connectivity index (χ4v) is 3.02. The molecule has 0 fully saturated rings. The lowest BCUT2D eigenvalue weighted by Gasteiger charge is -2.26. The first-order valence-corrected chi connectivity index (χ1v) is 8.89. The van der Waals surface area contributed by atoms with Crippen molar-refractivity contribution in [2.45, 2.75) is 20.3 Å². The third-order valence-corrected chi connectivity index (χ3v) is 4.57. The van der Waals surface area contributed by atoms with Crippen LogP contribution < -0.4 is 0 Å². The summed E-state index contributed by atoms with van der Waals surface area (Å²) in [7, 11) is 0. The molecule has 1 aromatic heterocycles. The average molecular weight is 381 g/mol. The summed E-state index contributed by atoms with van der Waals surface area (Å²) in [6.07, 6.45) is 2.19. The van der Waals surface area contributed by atoms with Crippen molar-refractivity contribution >= 4 is 29.5 Å². The summed E-state index contributed by atoms with van der Waals surface area (Å²) in [5.41, 5.74) is 1.49. The number of hydrogen-bond acceptors (Lipinski definition) is 4. The third kappa shape index (κ3) is 3.57. The van der Waals surface area contributed by atoms with E-state index in [0.717, 1.165) is 10.5 Å². The monoisotopic (exact) mass is 380 g/mol. The van der Waals surface area contributed by atoms with Gasteiger partial charge < -0.3 is 4.42 Å². The Balaban J connectivity index is 2.01. The number of carbonyl (C=O) groups is 2. The number of halogens is 1. The number of amides is 2. The molecule has 0 unspecified atom stereocenters. The van der Waals surface area contributed by atoms with Crippen molar-refractivity contribution in [3.8, 4) is 17.4 Å². The first-order valence-electron chi connectivity index (χ1n) is 8.51. The Labute approximate surface area is 162 Å². The molecule has 1 aliphatic heterocycles. The lowest BCUT2D eigenvalue weighted by molar-refractivity contribution is -0.140. The zero-order valence-electron chi connectivity index (χ0n) is 15.0. The molecule has 0 bridgehead atoms. The van der Waals surface area contributed by atoms with Gasteiger partial charge in [-0.1, -0.05) is 18.5 Å². The van der Waals surface area contributed by atoms with E-state index in [4.69, 9.17) is 16.0 Å². The van der Waals surface area contributed by atoms with Gasteiger partial charge in [-0.3, -0.25) is 14.5 Å². The molecule has 0 saturated carbocycles. The molecule has 0 aliphatic carbocycles. The molecule has 1 aliphatic rings. The van der Waals surface area contributed by atoms with Crippen LogP contribution in [0.2, 0.25) is 5.02 Å². The van der Waals surface area contributed by atoms with Crippen LogP contribution in [0.3, 0.4) is 0 Å². The third-order valence-electron chi connectivity index (χ3n) is 4.31. The van der Waals surface area contributed by atoms with Gasteiger partial charge in [0.1, 0.15) is 23.2 Å². The van der Waals surface area contributed by atoms with Crippen molar-refractivity contribution in [1.82, 2.24) is 4.90 Å². The maximum Gasteiger partial charge on any atom is 0.271 e. The highest BCUT2D eigenvalue weighted by Gasteiger charge is 2.35. The molecule has 2 aromatic rings. The minimum Gasteiger partial charge on any atom is -0.457 e. The molecule has 2 heterocycles. The molecule has 27 heavy (non-hydrogen) atoms. The predicted octanol–water partition coefficient (Wildman–Crippen LogP) is 4.60. The van der Waals surface area contributed by atoms with Gasteiger partial charge in [-0.2, -0.15) is 5.26 Å². The van der Waals surface area contributed by atoms with Gasteiger partial charge in [0.25, 0.3) is 11.8 Å². The standard InChI is InChI=1S/C21H17ClN2O3/c1-3-10-24-20(25)17(13(2)18(12-23)21(24)26)11-16-8-9-19(27-16)14-4-6-15(22)7-5-14/h4-9,11H,3,10H2,1-2H3. The lowest BCUT2D eigenvalue weighted by atomic mass is 9.94. The summed E-state index contributed by atoms with van der Waals surface area (Å²) in [5.74, 6) is 0.138. The minimum absolute atomic E-state index is 0.0150. The van der Waals surface area contributed by atoms with Gasteiger partial charge in [-0.05, 0) is 61.4 Å². The summed E-state index contributed by atoms with van der Waals surface area (Å²) in [5, 5.41) is 9.97. The molecule has 1 aromatic carbocycles. The van der Waals surface area contributed by atoms with Crippen LogP contribution in [0, 0.1) is 11.3 Å². The van der Waals surface area contributed by atoms with E-state index >= 15 is 0 Å². The Kier molecular flexibility index (Phi) is 5.29. The van der Waals surface area contributed by atoms with E-state index < -0.39 is 11.8 Å². The van der Waals surface area contributed by atoms with Crippen LogP contribution in [0.15, 0.2) is 57.5 Å². The van der Waals surface area contributed by atoms with Gasteiger partial charge in [0.2, 0.25) is 0 Å². The summed E-state index contributed by atoms with van der Waals surface area (Å²) in [6.45, 7) is 3.74. The van der Waals surface area contributed by atoms with Crippen molar-refractivity contribution in [3.05, 3.63) is 63.9 Å². The van der Waals surface area contributed by atoms with E-state index in [1.165, 1.54) is 0 Å². The highest BCUT2D eigenvalue weighted by molar-refractivity contribution is 6.30. The molecular weight excluding hydrogens is 364 g/mol. The Morgan fingerprint density at radius 1 is 1.15 bits per heavy atom. The topological polar surface area (TPSA) is 74.3 Å². The average Bonchev–Trinajstić information content (AvgIpc) is 3.12. The number of carbonyl (C=O) groups excluding carboxylic acids is 2. The van der Waals surface area contributed by atoms with E-state index in [1.54, 1.807) is 37.3 Å². The summed E-state index contributed by atoms with van der Waals surface area (Å²) in [4.78, 5) is 26.2. The van der Waals surface area contributed by atoms with Crippen molar-refractivity contribution in [2.75, 3.05) is 6.54 Å². The fourth-order valence-electron chi connectivity index (χ4n) is 2.90. The molecule has 0 saturated heterocycles. The maximum atomic E-state index is 12.8. The lowest BCUT2D eigenvalue weighted by Crippen LogP contribution is -2.43. The van der Waals surface area contributed by atoms with Crippen LogP contribution in [-0.2, 0) is 9.59 Å². The van der Waals surface area contributed by atoms with Crippen LogP contribution in [0.1, 0.15) is 26.0 Å². The zero-order chi connectivity index (χ0) is 19.6. The number of nitrogens with zero attached hydrogens (tertiary/aromatic N) is 2. The quantitative estimate of drug-likeness (QED) is 0.573. The molecule has 0 atom stereocenters. The van der Waals surface area contributed by atoms with Gasteiger partial charge in [0.05, 0.1) is 0 Å². The van der Waals surface area contributed by atoms with E-state index in [0.29, 0.717) is 28.5 Å². The van der Waals surface area contributed by atoms with Gasteiger partial charge in [0.15, 0.2) is 0 Å². The molecule has 0 radical (unpaired) electrons. The van der Waals surface area contributed by atoms with Crippen LogP contribution in [0.25, 0.3) is 17.4 Å². The largest absolute Gasteiger partial charge is 0.457 e. The van der Waals surface area contributed by atoms with Gasteiger partial charge in [0, 0.05) is 22.7 Å². The number of furan rings is 1. The second-order valence-electron chi connectivity index (χ2n) is 6.14. The van der Waals surface area contributed by atoms with E-state index in [-0.39, 0.29) is 17.7 Å². The molecular formula is C21H17ClN2O3. The van der Waals surface area contributed by atoms with E-state index in [2.05, 4.69) is 0 Å². The fraction of sp³-hybridized carbons (Fsp3) is 0.190. The summed E-state index contributed by atoms with van der Waals surface area (Å²) in [6, 6.07) is 12.7. The van der Waals surface area contributed by atoms with Crippen molar-refractivity contribution in [1.29, 1.82) is 5.26 Å². The van der Waals surface area contributed by atoms with Crippen molar-refractivity contribution in [3.63, 3.8) is 0 Å². The van der Waals surface area contributed by atoms with Crippen molar-refractivity contribution in [2.24, 2.45) is 0 Å². The van der Waals surface area contributed by atoms with Gasteiger partial charge in [-0.25, -0.2) is 0 Å². The predicted molar refractivity (Wildman–Crippen MR) is 102 cm³/mol. The first kappa shape index (κ1) is 18.7. The highest BCUT2D eigenvalue weighted by Crippen LogP contribution is 2.29. The Morgan fingerprint density at radius 3 is 2.48 bits per heavy atom. The molecule has 136 valence electrons. The Bertz CT molecular complexity index is 1010. The molecule has 5 nitrogen and oxygen atoms in total. The van der Waals surface area contributed by atoms with Crippen LogP contribution >= 0.6 is 11.6 Å². The number of rotatable bonds is 4. The normalized spacial score (nSPS) is 16.2. The smallest absolute Gasteiger partial charge is 0.271 e. The minimum atomic E-state index is -0.541. The second kappa shape index (κ2) is 7.65. The molecule has 3 rings (SSSR count). The molecule has 6 heteroatoms. The number of imide groups is 1. The molecule has 0 N–H and O–H groups in total. The second-order valence-corrected chi connectivity index (χ2v) is 6.58. The summed E-state index contributed by atoms with van der Waals surface area (Å²) < 4.78 is 5.82. The SMILES string of the molecule is CCCN1C(=O)C(=Cc2ccc(-c3ccc(Cl)cc3)o2)C(C)=C(C#N)C1=O. The van der Waals surface area contributed by atoms with Crippen molar-refractivity contribution < 1.29 is 14.0 Å². The summed E-state index contributed by atoms with van der Waals surface area (Å²) >= 11 is 5.90. The van der Waals surface area contributed by atoms with Gasteiger partial charge >= 0.3 is 0 Å². The zero-order valence-corrected chi connectivity index (χ0v) is 15.7. The first-order chi connectivity index (χ1) is 13.0. The van der Waals surface area contributed by atoms with Crippen LogP contribution in [0.5, 0.6) is 0 Å². The Morgan fingerprint density at radius 2 is 1.85 bits per heavy atom. The molecule has 2 amide bonds. The van der Waals surface area contributed by atoms with E-state index in [1.807, 2.05) is 25.1 Å². The van der Waals surface area contributed by atoms with Crippen LogP contribution in [-0.4, -0.2) is 23.3 Å². The number of hydrogen-bond donors (Lipinski definition) is 0. The van der Waals surface area contributed by atoms with Crippen LogP contribution in [0.4, 0.5) is 0 Å².